The van der Waals surface area contributed by atoms with Gasteiger partial charge in [0.2, 0.25) is 5.91 Å². The van der Waals surface area contributed by atoms with E-state index in [0.717, 1.165) is 24.9 Å². The number of benzene rings is 1. The van der Waals surface area contributed by atoms with E-state index in [-0.39, 0.29) is 11.9 Å². The second-order valence-corrected chi connectivity index (χ2v) is 6.78. The van der Waals surface area contributed by atoms with Crippen molar-refractivity contribution >= 4 is 11.6 Å². The van der Waals surface area contributed by atoms with Crippen LogP contribution in [-0.4, -0.2) is 18.0 Å². The van der Waals surface area contributed by atoms with Crippen LogP contribution >= 0.6 is 0 Å². The summed E-state index contributed by atoms with van der Waals surface area (Å²) in [5, 5.41) is 6.70. The van der Waals surface area contributed by atoms with Crippen molar-refractivity contribution in [1.82, 2.24) is 5.32 Å². The van der Waals surface area contributed by atoms with E-state index < -0.39 is 0 Å². The van der Waals surface area contributed by atoms with Gasteiger partial charge in [-0.05, 0) is 42.7 Å². The molecule has 0 spiro atoms. The average Bonchev–Trinajstić information content (AvgIpc) is 2.51. The summed E-state index contributed by atoms with van der Waals surface area (Å²) in [5.74, 6) is 1.47. The summed E-state index contributed by atoms with van der Waals surface area (Å²) in [4.78, 5) is 12.6. The number of hydrogen-bond donors (Lipinski definition) is 2. The SMILES string of the molecule is CC1CCCC(NC(=O)C2CCc3ccccc3N2)C1C. The summed E-state index contributed by atoms with van der Waals surface area (Å²) in [5.41, 5.74) is 2.44. The van der Waals surface area contributed by atoms with Crippen molar-refractivity contribution in [2.45, 2.75) is 58.0 Å². The van der Waals surface area contributed by atoms with Crippen LogP contribution < -0.4 is 10.6 Å². The molecule has 0 aromatic heterocycles. The minimum absolute atomic E-state index is 0.0793. The van der Waals surface area contributed by atoms with Gasteiger partial charge >= 0.3 is 0 Å². The maximum Gasteiger partial charge on any atom is 0.242 e. The van der Waals surface area contributed by atoms with Crippen LogP contribution in [0.5, 0.6) is 0 Å². The number of hydrogen-bond acceptors (Lipinski definition) is 2. The fourth-order valence-electron chi connectivity index (χ4n) is 3.70. The molecule has 3 rings (SSSR count). The predicted molar refractivity (Wildman–Crippen MR) is 86.3 cm³/mol. The van der Waals surface area contributed by atoms with Gasteiger partial charge in [-0.1, -0.05) is 44.9 Å². The molecule has 1 amide bonds. The molecule has 2 N–H and O–H groups in total. The van der Waals surface area contributed by atoms with E-state index in [1.165, 1.54) is 18.4 Å². The topological polar surface area (TPSA) is 41.1 Å². The van der Waals surface area contributed by atoms with Crippen molar-refractivity contribution in [1.29, 1.82) is 0 Å². The van der Waals surface area contributed by atoms with Crippen LogP contribution in [-0.2, 0) is 11.2 Å². The normalized spacial score (nSPS) is 31.9. The summed E-state index contributed by atoms with van der Waals surface area (Å²) in [6.07, 6.45) is 5.53. The molecule has 4 atom stereocenters. The molecule has 4 unspecified atom stereocenters. The molecule has 1 aliphatic carbocycles. The van der Waals surface area contributed by atoms with Gasteiger partial charge in [-0.25, -0.2) is 0 Å². The van der Waals surface area contributed by atoms with Crippen molar-refractivity contribution in [3.8, 4) is 0 Å². The Morgan fingerprint density at radius 2 is 2.00 bits per heavy atom. The van der Waals surface area contributed by atoms with Gasteiger partial charge < -0.3 is 10.6 Å². The van der Waals surface area contributed by atoms with Crippen LogP contribution in [0.25, 0.3) is 0 Å². The van der Waals surface area contributed by atoms with Crippen molar-refractivity contribution in [3.05, 3.63) is 29.8 Å². The molecule has 2 aliphatic rings. The average molecular weight is 286 g/mol. The molecular formula is C18H26N2O. The predicted octanol–water partition coefficient (Wildman–Crippen LogP) is 3.35. The number of carbonyl (C=O) groups is 1. The first kappa shape index (κ1) is 14.4. The van der Waals surface area contributed by atoms with Crippen LogP contribution in [0.2, 0.25) is 0 Å². The van der Waals surface area contributed by atoms with Crippen LogP contribution in [0.4, 0.5) is 5.69 Å². The highest BCUT2D eigenvalue weighted by Crippen LogP contribution is 2.30. The maximum absolute atomic E-state index is 12.6. The minimum atomic E-state index is -0.0793. The molecule has 1 fully saturated rings. The Kier molecular flexibility index (Phi) is 4.18. The van der Waals surface area contributed by atoms with E-state index in [9.17, 15) is 4.79 Å². The third kappa shape index (κ3) is 3.07. The molecule has 1 saturated carbocycles. The van der Waals surface area contributed by atoms with Crippen molar-refractivity contribution in [3.63, 3.8) is 0 Å². The van der Waals surface area contributed by atoms with Crippen LogP contribution in [0, 0.1) is 11.8 Å². The van der Waals surface area contributed by atoms with Gasteiger partial charge in [-0.15, -0.1) is 0 Å². The number of rotatable bonds is 2. The fourth-order valence-corrected chi connectivity index (χ4v) is 3.70. The van der Waals surface area contributed by atoms with Crippen molar-refractivity contribution in [2.75, 3.05) is 5.32 Å². The number of fused-ring (bicyclic) bond motifs is 1. The van der Waals surface area contributed by atoms with Gasteiger partial charge in [0.15, 0.2) is 0 Å². The quantitative estimate of drug-likeness (QED) is 0.875. The van der Waals surface area contributed by atoms with Gasteiger partial charge in [-0.2, -0.15) is 0 Å². The van der Waals surface area contributed by atoms with Crippen LogP contribution in [0.3, 0.4) is 0 Å². The number of amides is 1. The molecule has 0 radical (unpaired) electrons. The molecule has 3 heteroatoms. The number of aryl methyl sites for hydroxylation is 1. The van der Waals surface area contributed by atoms with Crippen LogP contribution in [0.15, 0.2) is 24.3 Å². The van der Waals surface area contributed by atoms with Gasteiger partial charge in [0.25, 0.3) is 0 Å². The fraction of sp³-hybridized carbons (Fsp3) is 0.611. The molecular weight excluding hydrogens is 260 g/mol. The lowest BCUT2D eigenvalue weighted by Crippen LogP contribution is -2.50. The Morgan fingerprint density at radius 3 is 2.86 bits per heavy atom. The summed E-state index contributed by atoms with van der Waals surface area (Å²) >= 11 is 0. The summed E-state index contributed by atoms with van der Waals surface area (Å²) < 4.78 is 0. The molecule has 1 heterocycles. The first-order chi connectivity index (χ1) is 10.1. The second kappa shape index (κ2) is 6.08. The zero-order valence-electron chi connectivity index (χ0n) is 13.1. The zero-order valence-corrected chi connectivity index (χ0v) is 13.1. The van der Waals surface area contributed by atoms with E-state index >= 15 is 0 Å². The van der Waals surface area contributed by atoms with E-state index in [0.29, 0.717) is 17.9 Å². The Bertz CT molecular complexity index is 514. The molecule has 1 aromatic rings. The highest BCUT2D eigenvalue weighted by molar-refractivity contribution is 5.85. The Morgan fingerprint density at radius 1 is 1.19 bits per heavy atom. The third-order valence-electron chi connectivity index (χ3n) is 5.40. The first-order valence-corrected chi connectivity index (χ1v) is 8.30. The van der Waals surface area contributed by atoms with Crippen molar-refractivity contribution in [2.24, 2.45) is 11.8 Å². The van der Waals surface area contributed by atoms with Crippen molar-refractivity contribution < 1.29 is 4.79 Å². The molecule has 0 bridgehead atoms. The highest BCUT2D eigenvalue weighted by Gasteiger charge is 2.31. The molecule has 114 valence electrons. The Labute approximate surface area is 127 Å². The lowest BCUT2D eigenvalue weighted by atomic mass is 9.78. The van der Waals surface area contributed by atoms with E-state index in [4.69, 9.17) is 0 Å². The second-order valence-electron chi connectivity index (χ2n) is 6.78. The lowest BCUT2D eigenvalue weighted by molar-refractivity contribution is -0.123. The number of nitrogens with one attached hydrogen (secondary N) is 2. The molecule has 3 nitrogen and oxygen atoms in total. The third-order valence-corrected chi connectivity index (χ3v) is 5.40. The Balaban J connectivity index is 1.62. The largest absolute Gasteiger partial charge is 0.373 e. The monoisotopic (exact) mass is 286 g/mol. The van der Waals surface area contributed by atoms with Gasteiger partial charge in [0.05, 0.1) is 0 Å². The van der Waals surface area contributed by atoms with Gasteiger partial charge in [0, 0.05) is 11.7 Å². The van der Waals surface area contributed by atoms with E-state index in [1.807, 2.05) is 6.07 Å². The zero-order chi connectivity index (χ0) is 14.8. The molecule has 1 aromatic carbocycles. The maximum atomic E-state index is 12.6. The lowest BCUT2D eigenvalue weighted by Gasteiger charge is -2.36. The Hall–Kier alpha value is -1.51. The van der Waals surface area contributed by atoms with Gasteiger partial charge in [-0.3, -0.25) is 4.79 Å². The standard InChI is InChI=1S/C18H26N2O/c1-12-6-5-9-15(13(12)2)20-18(21)17-11-10-14-7-3-4-8-16(14)19-17/h3-4,7-8,12-13,15,17,19H,5-6,9-11H2,1-2H3,(H,20,21). The minimum Gasteiger partial charge on any atom is -0.373 e. The van der Waals surface area contributed by atoms with Gasteiger partial charge in [0.1, 0.15) is 6.04 Å². The summed E-state index contributed by atoms with van der Waals surface area (Å²) in [6.45, 7) is 4.58. The number of carbonyl (C=O) groups excluding carboxylic acids is 1. The summed E-state index contributed by atoms with van der Waals surface area (Å²) in [6, 6.07) is 8.56. The molecule has 1 aliphatic heterocycles. The van der Waals surface area contributed by atoms with Crippen LogP contribution in [0.1, 0.15) is 45.1 Å². The van der Waals surface area contributed by atoms with E-state index in [1.54, 1.807) is 0 Å². The number of anilines is 1. The summed E-state index contributed by atoms with van der Waals surface area (Å²) in [7, 11) is 0. The highest BCUT2D eigenvalue weighted by atomic mass is 16.2. The number of para-hydroxylation sites is 1. The molecule has 21 heavy (non-hydrogen) atoms. The smallest absolute Gasteiger partial charge is 0.242 e. The molecule has 0 saturated heterocycles. The first-order valence-electron chi connectivity index (χ1n) is 8.30. The van der Waals surface area contributed by atoms with E-state index in [2.05, 4.69) is 42.7 Å².